The minimum absolute atomic E-state index is 0.254. The summed E-state index contributed by atoms with van der Waals surface area (Å²) >= 11 is 2.04. The summed E-state index contributed by atoms with van der Waals surface area (Å²) in [5.74, 6) is 0.631. The standard InChI is InChI=1S/C16H15IO3S/c1-12-3-5-13(6-4-12)16(17)11-21(18,19)15-9-7-14(20-2)8-10-15/h3-11H,1-2H3/b16-11+. The van der Waals surface area contributed by atoms with Gasteiger partial charge in [-0.25, -0.2) is 8.42 Å². The molecule has 0 amide bonds. The van der Waals surface area contributed by atoms with E-state index in [2.05, 4.69) is 0 Å². The molecule has 0 saturated heterocycles. The van der Waals surface area contributed by atoms with Gasteiger partial charge in [-0.3, -0.25) is 0 Å². The van der Waals surface area contributed by atoms with Crippen LogP contribution in [0.5, 0.6) is 5.75 Å². The predicted octanol–water partition coefficient (Wildman–Crippen LogP) is 4.21. The van der Waals surface area contributed by atoms with Gasteiger partial charge < -0.3 is 4.74 Å². The molecule has 5 heteroatoms. The number of sulfone groups is 1. The highest BCUT2D eigenvalue weighted by atomic mass is 127. The van der Waals surface area contributed by atoms with Crippen molar-refractivity contribution in [3.05, 3.63) is 65.1 Å². The number of aryl methyl sites for hydroxylation is 1. The maximum atomic E-state index is 12.4. The lowest BCUT2D eigenvalue weighted by molar-refractivity contribution is 0.414. The normalized spacial score (nSPS) is 12.2. The fraction of sp³-hybridized carbons (Fsp3) is 0.125. The van der Waals surface area contributed by atoms with Crippen LogP contribution < -0.4 is 4.74 Å². The molecule has 0 radical (unpaired) electrons. The SMILES string of the molecule is COc1ccc(S(=O)(=O)/C=C(/I)c2ccc(C)cc2)cc1. The summed E-state index contributed by atoms with van der Waals surface area (Å²) < 4.78 is 30.4. The first-order valence-corrected chi connectivity index (χ1v) is 8.88. The van der Waals surface area contributed by atoms with Crippen LogP contribution >= 0.6 is 22.6 Å². The lowest BCUT2D eigenvalue weighted by Gasteiger charge is -2.04. The molecule has 0 aliphatic heterocycles. The molecule has 0 heterocycles. The Bertz CT molecular complexity index is 745. The van der Waals surface area contributed by atoms with E-state index in [1.165, 1.54) is 5.41 Å². The molecular formula is C16H15IO3S. The minimum atomic E-state index is -3.47. The molecule has 0 saturated carbocycles. The first-order chi connectivity index (χ1) is 9.92. The Balaban J connectivity index is 2.34. The third-order valence-electron chi connectivity index (χ3n) is 2.97. The van der Waals surface area contributed by atoms with Crippen molar-refractivity contribution in [3.8, 4) is 5.75 Å². The average Bonchev–Trinajstić information content (AvgIpc) is 2.47. The van der Waals surface area contributed by atoms with E-state index < -0.39 is 9.84 Å². The molecule has 0 bridgehead atoms. The number of methoxy groups -OCH3 is 1. The van der Waals surface area contributed by atoms with Gasteiger partial charge in [-0.15, -0.1) is 0 Å². The summed E-state index contributed by atoms with van der Waals surface area (Å²) in [5, 5.41) is 1.29. The Morgan fingerprint density at radius 3 is 2.14 bits per heavy atom. The summed E-state index contributed by atoms with van der Waals surface area (Å²) in [5.41, 5.74) is 2.03. The summed E-state index contributed by atoms with van der Waals surface area (Å²) in [6.07, 6.45) is 0. The number of rotatable bonds is 4. The Kier molecular flexibility index (Phi) is 5.05. The van der Waals surface area contributed by atoms with Crippen LogP contribution in [-0.4, -0.2) is 15.5 Å². The van der Waals surface area contributed by atoms with Gasteiger partial charge in [0.2, 0.25) is 9.84 Å². The van der Waals surface area contributed by atoms with Gasteiger partial charge in [-0.05, 0) is 59.3 Å². The van der Waals surface area contributed by atoms with Crippen molar-refractivity contribution in [1.29, 1.82) is 0 Å². The molecule has 3 nitrogen and oxygen atoms in total. The molecule has 0 unspecified atom stereocenters. The van der Waals surface area contributed by atoms with E-state index in [0.717, 1.165) is 11.1 Å². The van der Waals surface area contributed by atoms with Crippen molar-refractivity contribution in [1.82, 2.24) is 0 Å². The highest BCUT2D eigenvalue weighted by molar-refractivity contribution is 14.1. The monoisotopic (exact) mass is 414 g/mol. The Hall–Kier alpha value is -1.34. The maximum absolute atomic E-state index is 12.4. The van der Waals surface area contributed by atoms with Gasteiger partial charge in [0.25, 0.3) is 0 Å². The highest BCUT2D eigenvalue weighted by Crippen LogP contribution is 2.26. The Labute approximate surface area is 138 Å². The van der Waals surface area contributed by atoms with Gasteiger partial charge in [0.1, 0.15) is 5.75 Å². The number of benzene rings is 2. The number of ether oxygens (including phenoxy) is 1. The third kappa shape index (κ3) is 4.07. The highest BCUT2D eigenvalue weighted by Gasteiger charge is 2.13. The molecule has 0 fully saturated rings. The van der Waals surface area contributed by atoms with Gasteiger partial charge in [-0.2, -0.15) is 0 Å². The summed E-state index contributed by atoms with van der Waals surface area (Å²) in [6, 6.07) is 14.1. The first-order valence-electron chi connectivity index (χ1n) is 6.26. The van der Waals surface area contributed by atoms with Gasteiger partial charge in [0.05, 0.1) is 12.0 Å². The Morgan fingerprint density at radius 2 is 1.62 bits per heavy atom. The first kappa shape index (κ1) is 16.0. The van der Waals surface area contributed by atoms with Crippen molar-refractivity contribution >= 4 is 36.0 Å². The zero-order valence-corrected chi connectivity index (χ0v) is 14.7. The van der Waals surface area contributed by atoms with E-state index in [4.69, 9.17) is 4.74 Å². The summed E-state index contributed by atoms with van der Waals surface area (Å²) in [4.78, 5) is 0.254. The smallest absolute Gasteiger partial charge is 0.200 e. The van der Waals surface area contributed by atoms with Crippen LogP contribution in [0, 0.1) is 6.92 Å². The maximum Gasteiger partial charge on any atom is 0.200 e. The number of halogens is 1. The largest absolute Gasteiger partial charge is 0.497 e. The van der Waals surface area contributed by atoms with Crippen molar-refractivity contribution in [3.63, 3.8) is 0 Å². The molecule has 0 spiro atoms. The summed E-state index contributed by atoms with van der Waals surface area (Å²) in [6.45, 7) is 1.99. The number of hydrogen-bond acceptors (Lipinski definition) is 3. The topological polar surface area (TPSA) is 43.4 Å². The van der Waals surface area contributed by atoms with Crippen LogP contribution in [0.25, 0.3) is 3.58 Å². The molecule has 2 rings (SSSR count). The minimum Gasteiger partial charge on any atom is -0.497 e. The van der Waals surface area contributed by atoms with E-state index in [9.17, 15) is 8.42 Å². The van der Waals surface area contributed by atoms with E-state index in [1.807, 2.05) is 53.8 Å². The van der Waals surface area contributed by atoms with Gasteiger partial charge in [-0.1, -0.05) is 29.8 Å². The molecular weight excluding hydrogens is 399 g/mol. The summed E-state index contributed by atoms with van der Waals surface area (Å²) in [7, 11) is -1.92. The predicted molar refractivity (Wildman–Crippen MR) is 93.4 cm³/mol. The van der Waals surface area contributed by atoms with Gasteiger partial charge >= 0.3 is 0 Å². The molecule has 2 aromatic carbocycles. The van der Waals surface area contributed by atoms with Gasteiger partial charge in [0.15, 0.2) is 0 Å². The second-order valence-corrected chi connectivity index (χ2v) is 7.51. The molecule has 0 aromatic heterocycles. The van der Waals surface area contributed by atoms with Crippen molar-refractivity contribution in [2.45, 2.75) is 11.8 Å². The van der Waals surface area contributed by atoms with E-state index in [0.29, 0.717) is 9.33 Å². The van der Waals surface area contributed by atoms with Crippen LogP contribution in [0.4, 0.5) is 0 Å². The fourth-order valence-corrected chi connectivity index (χ4v) is 4.17. The zero-order valence-electron chi connectivity index (χ0n) is 11.7. The van der Waals surface area contributed by atoms with E-state index in [1.54, 1.807) is 31.4 Å². The van der Waals surface area contributed by atoms with Crippen LogP contribution in [0.2, 0.25) is 0 Å². The molecule has 110 valence electrons. The Morgan fingerprint density at radius 1 is 1.05 bits per heavy atom. The van der Waals surface area contributed by atoms with Gasteiger partial charge in [0, 0.05) is 8.99 Å². The molecule has 0 aliphatic rings. The quantitative estimate of drug-likeness (QED) is 0.705. The van der Waals surface area contributed by atoms with Crippen molar-refractivity contribution < 1.29 is 13.2 Å². The lowest BCUT2D eigenvalue weighted by Crippen LogP contribution is -1.97. The van der Waals surface area contributed by atoms with E-state index in [-0.39, 0.29) is 4.90 Å². The van der Waals surface area contributed by atoms with Crippen LogP contribution in [0.3, 0.4) is 0 Å². The molecule has 2 aromatic rings. The molecule has 21 heavy (non-hydrogen) atoms. The number of hydrogen-bond donors (Lipinski definition) is 0. The zero-order chi connectivity index (χ0) is 15.5. The fourth-order valence-electron chi connectivity index (χ4n) is 1.75. The second kappa shape index (κ2) is 6.62. The van der Waals surface area contributed by atoms with Crippen LogP contribution in [0.15, 0.2) is 58.8 Å². The molecule has 0 atom stereocenters. The van der Waals surface area contributed by atoms with Crippen LogP contribution in [0.1, 0.15) is 11.1 Å². The third-order valence-corrected chi connectivity index (χ3v) is 5.81. The van der Waals surface area contributed by atoms with Crippen LogP contribution in [-0.2, 0) is 9.84 Å². The molecule has 0 aliphatic carbocycles. The second-order valence-electron chi connectivity index (χ2n) is 4.55. The average molecular weight is 414 g/mol. The van der Waals surface area contributed by atoms with Crippen molar-refractivity contribution in [2.24, 2.45) is 0 Å². The lowest BCUT2D eigenvalue weighted by atomic mass is 10.1. The van der Waals surface area contributed by atoms with Crippen molar-refractivity contribution in [2.75, 3.05) is 7.11 Å². The van der Waals surface area contributed by atoms with E-state index >= 15 is 0 Å². The molecule has 0 N–H and O–H groups in total.